The summed E-state index contributed by atoms with van der Waals surface area (Å²) in [4.78, 5) is 24.3. The van der Waals surface area contributed by atoms with Gasteiger partial charge in [-0.3, -0.25) is 9.59 Å². The fourth-order valence-electron chi connectivity index (χ4n) is 2.18. The van der Waals surface area contributed by atoms with Crippen molar-refractivity contribution in [2.75, 3.05) is 18.2 Å². The summed E-state index contributed by atoms with van der Waals surface area (Å²) in [5.41, 5.74) is 0.747. The molecule has 1 N–H and O–H groups in total. The Morgan fingerprint density at radius 1 is 1.04 bits per heavy atom. The Morgan fingerprint density at radius 2 is 1.64 bits per heavy atom. The van der Waals surface area contributed by atoms with Gasteiger partial charge < -0.3 is 10.1 Å². The number of methoxy groups -OCH3 is 1. The molecule has 0 saturated carbocycles. The van der Waals surface area contributed by atoms with Crippen molar-refractivity contribution in [3.05, 3.63) is 60.2 Å². The highest BCUT2D eigenvalue weighted by Crippen LogP contribution is 2.16. The Morgan fingerprint density at radius 3 is 2.20 bits per heavy atom. The minimum absolute atomic E-state index is 0.300. The lowest BCUT2D eigenvalue weighted by molar-refractivity contribution is -0.113. The van der Waals surface area contributed by atoms with Crippen LogP contribution in [0.3, 0.4) is 0 Å². The second kappa shape index (κ2) is 7.94. The van der Waals surface area contributed by atoms with E-state index in [4.69, 9.17) is 4.74 Å². The Balaban J connectivity index is 2.03. The van der Waals surface area contributed by atoms with E-state index in [1.165, 1.54) is 14.0 Å². The quantitative estimate of drug-likeness (QED) is 0.765. The highest BCUT2D eigenvalue weighted by molar-refractivity contribution is 7.93. The fraction of sp³-hybridized carbons (Fsp3) is 0.222. The van der Waals surface area contributed by atoms with Gasteiger partial charge in [0, 0.05) is 11.3 Å². The molecule has 25 heavy (non-hydrogen) atoms. The molecule has 0 fully saturated rings. The summed E-state index contributed by atoms with van der Waals surface area (Å²) >= 11 is 0. The van der Waals surface area contributed by atoms with Crippen LogP contribution in [0.4, 0.5) is 5.69 Å². The van der Waals surface area contributed by atoms with Crippen LogP contribution in [0.25, 0.3) is 0 Å². The number of ketones is 1. The van der Waals surface area contributed by atoms with Crippen LogP contribution >= 0.6 is 0 Å². The van der Waals surface area contributed by atoms with Gasteiger partial charge in [-0.15, -0.1) is 0 Å². The maximum Gasteiger partial charge on any atom is 0.239 e. The number of carbonyl (C=O) groups is 2. The summed E-state index contributed by atoms with van der Waals surface area (Å²) in [5, 5.41) is 1.20. The number of sulfone groups is 1. The van der Waals surface area contributed by atoms with Crippen LogP contribution in [0.15, 0.2) is 54.6 Å². The average Bonchev–Trinajstić information content (AvgIpc) is 2.61. The van der Waals surface area contributed by atoms with Crippen molar-refractivity contribution in [1.29, 1.82) is 0 Å². The molecule has 6 nitrogen and oxygen atoms in total. The zero-order chi connectivity index (χ0) is 18.4. The molecule has 0 radical (unpaired) electrons. The molecule has 132 valence electrons. The standard InChI is InChI=1S/C18H19NO5S/c1-13(18(21)14-6-4-3-5-7-14)25(22,23)12-17(20)19-15-8-10-16(24-2)11-9-15/h3-11,13H,12H2,1-2H3,(H,19,20). The summed E-state index contributed by atoms with van der Waals surface area (Å²) in [5.74, 6) is -1.37. The number of ether oxygens (including phenoxy) is 1. The maximum absolute atomic E-state index is 12.3. The molecule has 2 aromatic carbocycles. The molecule has 0 aliphatic heterocycles. The topological polar surface area (TPSA) is 89.5 Å². The average molecular weight is 361 g/mol. The minimum atomic E-state index is -3.93. The van der Waals surface area contributed by atoms with Gasteiger partial charge in [-0.05, 0) is 31.2 Å². The van der Waals surface area contributed by atoms with Crippen LogP contribution in [0, 0.1) is 0 Å². The molecule has 1 atom stereocenters. The first-order valence-electron chi connectivity index (χ1n) is 7.58. The third-order valence-electron chi connectivity index (χ3n) is 3.67. The summed E-state index contributed by atoms with van der Waals surface area (Å²) in [6, 6.07) is 14.6. The zero-order valence-electron chi connectivity index (χ0n) is 13.9. The number of hydrogen-bond acceptors (Lipinski definition) is 5. The van der Waals surface area contributed by atoms with Gasteiger partial charge in [0.25, 0.3) is 0 Å². The number of rotatable bonds is 7. The summed E-state index contributed by atoms with van der Waals surface area (Å²) in [7, 11) is -2.41. The van der Waals surface area contributed by atoms with E-state index < -0.39 is 32.5 Å². The van der Waals surface area contributed by atoms with E-state index in [2.05, 4.69) is 5.32 Å². The third-order valence-corrected chi connectivity index (χ3v) is 5.63. The Bertz CT molecular complexity index is 845. The molecule has 0 aliphatic carbocycles. The fourth-order valence-corrected chi connectivity index (χ4v) is 3.33. The smallest absolute Gasteiger partial charge is 0.239 e. The van der Waals surface area contributed by atoms with E-state index in [0.717, 1.165) is 0 Å². The van der Waals surface area contributed by atoms with Crippen molar-refractivity contribution in [2.24, 2.45) is 0 Å². The van der Waals surface area contributed by atoms with E-state index in [1.54, 1.807) is 54.6 Å². The number of Topliss-reactive ketones (excluding diaryl/α,β-unsaturated/α-hetero) is 1. The molecule has 0 aromatic heterocycles. The van der Waals surface area contributed by atoms with Crippen LogP contribution in [0.2, 0.25) is 0 Å². The van der Waals surface area contributed by atoms with Crippen molar-refractivity contribution in [1.82, 2.24) is 0 Å². The molecule has 0 aliphatic rings. The Kier molecular flexibility index (Phi) is 5.93. The third kappa shape index (κ3) is 4.90. The number of amides is 1. The predicted octanol–water partition coefficient (Wildman–Crippen LogP) is 2.32. The van der Waals surface area contributed by atoms with Crippen molar-refractivity contribution in [2.45, 2.75) is 12.2 Å². The lowest BCUT2D eigenvalue weighted by atomic mass is 10.1. The molecule has 0 heterocycles. The highest BCUT2D eigenvalue weighted by atomic mass is 32.2. The number of nitrogens with one attached hydrogen (secondary N) is 1. The van der Waals surface area contributed by atoms with Crippen molar-refractivity contribution in [3.63, 3.8) is 0 Å². The Labute approximate surface area is 146 Å². The maximum atomic E-state index is 12.3. The molecule has 0 bridgehead atoms. The molecule has 1 amide bonds. The van der Waals surface area contributed by atoms with Gasteiger partial charge >= 0.3 is 0 Å². The number of benzene rings is 2. The normalized spacial score (nSPS) is 12.2. The van der Waals surface area contributed by atoms with Crippen LogP contribution in [0.1, 0.15) is 17.3 Å². The lowest BCUT2D eigenvalue weighted by Crippen LogP contribution is -2.34. The monoisotopic (exact) mass is 361 g/mol. The molecule has 7 heteroatoms. The van der Waals surface area contributed by atoms with Gasteiger partial charge in [-0.1, -0.05) is 30.3 Å². The van der Waals surface area contributed by atoms with Crippen molar-refractivity contribution >= 4 is 27.2 Å². The first-order valence-corrected chi connectivity index (χ1v) is 9.30. The second-order valence-corrected chi connectivity index (χ2v) is 7.78. The summed E-state index contributed by atoms with van der Waals surface area (Å²) in [6.07, 6.45) is 0. The molecular formula is C18H19NO5S. The molecule has 0 spiro atoms. The predicted molar refractivity (Wildman–Crippen MR) is 95.6 cm³/mol. The van der Waals surface area contributed by atoms with E-state index in [1.807, 2.05) is 0 Å². The van der Waals surface area contributed by atoms with E-state index in [9.17, 15) is 18.0 Å². The largest absolute Gasteiger partial charge is 0.497 e. The van der Waals surface area contributed by atoms with E-state index >= 15 is 0 Å². The van der Waals surface area contributed by atoms with Crippen molar-refractivity contribution in [3.8, 4) is 5.75 Å². The SMILES string of the molecule is COc1ccc(NC(=O)CS(=O)(=O)C(C)C(=O)c2ccccc2)cc1. The van der Waals surface area contributed by atoms with Gasteiger partial charge in [0.05, 0.1) is 7.11 Å². The van der Waals surface area contributed by atoms with Crippen LogP contribution < -0.4 is 10.1 Å². The molecule has 2 aromatic rings. The minimum Gasteiger partial charge on any atom is -0.497 e. The second-order valence-electron chi connectivity index (χ2n) is 5.46. The van der Waals surface area contributed by atoms with Crippen molar-refractivity contribution < 1.29 is 22.7 Å². The van der Waals surface area contributed by atoms with Crippen LogP contribution in [-0.4, -0.2) is 38.2 Å². The lowest BCUT2D eigenvalue weighted by Gasteiger charge is -2.12. The van der Waals surface area contributed by atoms with Gasteiger partial charge in [0.2, 0.25) is 5.91 Å². The first kappa shape index (κ1) is 18.7. The molecule has 0 saturated heterocycles. The molecule has 2 rings (SSSR count). The number of carbonyl (C=O) groups excluding carboxylic acids is 2. The van der Waals surface area contributed by atoms with Gasteiger partial charge in [-0.2, -0.15) is 0 Å². The highest BCUT2D eigenvalue weighted by Gasteiger charge is 2.30. The first-order chi connectivity index (χ1) is 11.8. The number of hydrogen-bond donors (Lipinski definition) is 1. The van der Waals surface area contributed by atoms with Gasteiger partial charge in [0.1, 0.15) is 16.8 Å². The summed E-state index contributed by atoms with van der Waals surface area (Å²) < 4.78 is 29.7. The zero-order valence-corrected chi connectivity index (χ0v) is 14.7. The molecule has 1 unspecified atom stereocenters. The molecular weight excluding hydrogens is 342 g/mol. The Hall–Kier alpha value is -2.67. The van der Waals surface area contributed by atoms with Crippen LogP contribution in [0.5, 0.6) is 5.75 Å². The van der Waals surface area contributed by atoms with Crippen LogP contribution in [-0.2, 0) is 14.6 Å². The van der Waals surface area contributed by atoms with Gasteiger partial charge in [-0.25, -0.2) is 8.42 Å². The van der Waals surface area contributed by atoms with E-state index in [0.29, 0.717) is 17.0 Å². The van der Waals surface area contributed by atoms with Gasteiger partial charge in [0.15, 0.2) is 15.6 Å². The summed E-state index contributed by atoms with van der Waals surface area (Å²) in [6.45, 7) is 1.30. The number of anilines is 1. The van der Waals surface area contributed by atoms with E-state index in [-0.39, 0.29) is 0 Å².